The molecule has 0 spiro atoms. The van der Waals surface area contributed by atoms with Gasteiger partial charge in [0, 0.05) is 34.8 Å². The number of hydrogen-bond acceptors (Lipinski definition) is 3. The van der Waals surface area contributed by atoms with Crippen LogP contribution < -0.4 is 5.32 Å². The molecule has 1 N–H and O–H groups in total. The van der Waals surface area contributed by atoms with Crippen molar-refractivity contribution >= 4 is 46.8 Å². The van der Waals surface area contributed by atoms with Gasteiger partial charge < -0.3 is 10.2 Å². The number of nitrogens with one attached hydrogen (secondary N) is 1. The van der Waals surface area contributed by atoms with Crippen LogP contribution in [0.2, 0.25) is 10.0 Å². The number of hydrogen-bond donors (Lipinski definition) is 1. The Bertz CT molecular complexity index is 1170. The average Bonchev–Trinajstić information content (AvgIpc) is 2.84. The number of aryl methyl sites for hydroxylation is 1. The van der Waals surface area contributed by atoms with Crippen LogP contribution in [0.4, 0.5) is 0 Å². The lowest BCUT2D eigenvalue weighted by Gasteiger charge is -2.32. The highest BCUT2D eigenvalue weighted by Gasteiger charge is 2.31. The summed E-state index contributed by atoms with van der Waals surface area (Å²) in [5.74, 6) is 0.672. The summed E-state index contributed by atoms with van der Waals surface area (Å²) in [5, 5.41) is 3.99. The minimum absolute atomic E-state index is 0.0534. The minimum Gasteiger partial charge on any atom is -0.352 e. The Morgan fingerprint density at radius 1 is 0.944 bits per heavy atom. The summed E-state index contributed by atoms with van der Waals surface area (Å²) in [6, 6.07) is 22.4. The number of thioether (sulfide) groups is 1. The monoisotopic (exact) mass is 542 g/mol. The Kier molecular flexibility index (Phi) is 10.7. The van der Waals surface area contributed by atoms with Crippen molar-refractivity contribution in [2.24, 2.45) is 0 Å². The van der Waals surface area contributed by atoms with Gasteiger partial charge in [0.1, 0.15) is 6.04 Å². The van der Waals surface area contributed by atoms with Crippen molar-refractivity contribution in [2.75, 3.05) is 5.75 Å². The summed E-state index contributed by atoms with van der Waals surface area (Å²) < 4.78 is 0. The van der Waals surface area contributed by atoms with E-state index < -0.39 is 6.04 Å². The van der Waals surface area contributed by atoms with E-state index in [1.165, 1.54) is 11.1 Å². The number of carbonyl (C=O) groups is 2. The van der Waals surface area contributed by atoms with Crippen LogP contribution in [0.1, 0.15) is 36.1 Å². The summed E-state index contributed by atoms with van der Waals surface area (Å²) >= 11 is 14.1. The fourth-order valence-corrected chi connectivity index (χ4v) is 5.33. The summed E-state index contributed by atoms with van der Waals surface area (Å²) in [4.78, 5) is 28.7. The van der Waals surface area contributed by atoms with Crippen molar-refractivity contribution in [1.29, 1.82) is 0 Å². The molecule has 190 valence electrons. The van der Waals surface area contributed by atoms with E-state index in [2.05, 4.69) is 24.4 Å². The van der Waals surface area contributed by atoms with Crippen LogP contribution in [0.25, 0.3) is 0 Å². The van der Waals surface area contributed by atoms with Crippen molar-refractivity contribution < 1.29 is 9.59 Å². The first-order valence-electron chi connectivity index (χ1n) is 11.9. The Morgan fingerprint density at radius 2 is 1.64 bits per heavy atom. The molecule has 0 aliphatic heterocycles. The van der Waals surface area contributed by atoms with Crippen LogP contribution in [0.3, 0.4) is 0 Å². The van der Waals surface area contributed by atoms with Crippen LogP contribution in [-0.2, 0) is 28.3 Å². The van der Waals surface area contributed by atoms with E-state index in [-0.39, 0.29) is 30.2 Å². The Labute approximate surface area is 228 Å². The van der Waals surface area contributed by atoms with E-state index in [4.69, 9.17) is 23.2 Å². The third-order valence-electron chi connectivity index (χ3n) is 5.80. The van der Waals surface area contributed by atoms with Gasteiger partial charge >= 0.3 is 0 Å². The van der Waals surface area contributed by atoms with Gasteiger partial charge in [0.15, 0.2) is 0 Å². The SMILES string of the molecule is Cc1ccccc1CSCC(=O)N(Cc1ccc(Cl)cc1Cl)[C@@H](Cc1ccccc1)C(=O)NC(C)C. The highest BCUT2D eigenvalue weighted by Crippen LogP contribution is 2.25. The van der Waals surface area contributed by atoms with E-state index >= 15 is 0 Å². The van der Waals surface area contributed by atoms with Crippen LogP contribution >= 0.6 is 35.0 Å². The lowest BCUT2D eigenvalue weighted by molar-refractivity contribution is -0.139. The second-order valence-corrected chi connectivity index (χ2v) is 10.9. The maximum atomic E-state index is 13.7. The maximum Gasteiger partial charge on any atom is 0.243 e. The standard InChI is InChI=1S/C29H32Cl2N2O2S/c1-20(2)32-29(35)27(15-22-10-5-4-6-11-22)33(17-23-13-14-25(30)16-26(23)31)28(34)19-36-18-24-12-8-7-9-21(24)3/h4-14,16,20,27H,15,17-19H2,1-3H3,(H,32,35)/t27-/m0/s1. The molecule has 0 unspecified atom stereocenters. The van der Waals surface area contributed by atoms with E-state index in [0.29, 0.717) is 16.5 Å². The molecule has 0 aliphatic rings. The van der Waals surface area contributed by atoms with Crippen molar-refractivity contribution in [2.45, 2.75) is 51.6 Å². The van der Waals surface area contributed by atoms with Crippen LogP contribution in [-0.4, -0.2) is 34.6 Å². The molecule has 0 bridgehead atoms. The number of nitrogens with zero attached hydrogens (tertiary/aromatic N) is 1. The number of amides is 2. The van der Waals surface area contributed by atoms with Gasteiger partial charge in [-0.15, -0.1) is 11.8 Å². The molecule has 3 aromatic rings. The third-order valence-corrected chi connectivity index (χ3v) is 7.36. The van der Waals surface area contributed by atoms with Crippen LogP contribution in [0.15, 0.2) is 72.8 Å². The van der Waals surface area contributed by atoms with Crippen molar-refractivity contribution in [3.05, 3.63) is 105 Å². The fraction of sp³-hybridized carbons (Fsp3) is 0.310. The molecule has 4 nitrogen and oxygen atoms in total. The zero-order valence-electron chi connectivity index (χ0n) is 20.8. The zero-order valence-corrected chi connectivity index (χ0v) is 23.2. The Hall–Kier alpha value is -2.47. The van der Waals surface area contributed by atoms with Gasteiger partial charge in [-0.05, 0) is 55.2 Å². The fourth-order valence-electron chi connectivity index (χ4n) is 3.87. The molecule has 0 fully saturated rings. The lowest BCUT2D eigenvalue weighted by atomic mass is 10.0. The normalized spacial score (nSPS) is 11.8. The van der Waals surface area contributed by atoms with E-state index in [0.717, 1.165) is 16.9 Å². The molecule has 2 amide bonds. The second kappa shape index (κ2) is 13.7. The first-order chi connectivity index (χ1) is 17.2. The largest absolute Gasteiger partial charge is 0.352 e. The molecule has 0 radical (unpaired) electrons. The molecule has 36 heavy (non-hydrogen) atoms. The molecule has 1 atom stereocenters. The molecule has 0 saturated carbocycles. The summed E-state index contributed by atoms with van der Waals surface area (Å²) in [6.07, 6.45) is 0.402. The average molecular weight is 544 g/mol. The van der Waals surface area contributed by atoms with E-state index in [1.807, 2.05) is 62.4 Å². The molecule has 0 aliphatic carbocycles. The van der Waals surface area contributed by atoms with Gasteiger partial charge in [-0.1, -0.05) is 83.9 Å². The van der Waals surface area contributed by atoms with Crippen molar-refractivity contribution in [1.82, 2.24) is 10.2 Å². The molecule has 3 rings (SSSR count). The second-order valence-electron chi connectivity index (χ2n) is 9.05. The lowest BCUT2D eigenvalue weighted by Crippen LogP contribution is -2.52. The molecule has 7 heteroatoms. The predicted molar refractivity (Wildman–Crippen MR) is 152 cm³/mol. The summed E-state index contributed by atoms with van der Waals surface area (Å²) in [6.45, 7) is 6.11. The van der Waals surface area contributed by atoms with Gasteiger partial charge in [-0.25, -0.2) is 0 Å². The van der Waals surface area contributed by atoms with Crippen LogP contribution in [0.5, 0.6) is 0 Å². The third kappa shape index (κ3) is 8.29. The van der Waals surface area contributed by atoms with Gasteiger partial charge in [-0.2, -0.15) is 0 Å². The topological polar surface area (TPSA) is 49.4 Å². The van der Waals surface area contributed by atoms with Crippen molar-refractivity contribution in [3.8, 4) is 0 Å². The zero-order chi connectivity index (χ0) is 26.1. The molecule has 0 saturated heterocycles. The van der Waals surface area contributed by atoms with Gasteiger partial charge in [0.05, 0.1) is 5.75 Å². The summed E-state index contributed by atoms with van der Waals surface area (Å²) in [7, 11) is 0. The highest BCUT2D eigenvalue weighted by molar-refractivity contribution is 7.99. The van der Waals surface area contributed by atoms with Gasteiger partial charge in [0.2, 0.25) is 11.8 Å². The Morgan fingerprint density at radius 3 is 2.31 bits per heavy atom. The smallest absolute Gasteiger partial charge is 0.243 e. The molecule has 0 aromatic heterocycles. The van der Waals surface area contributed by atoms with Gasteiger partial charge in [0.25, 0.3) is 0 Å². The molecule has 3 aromatic carbocycles. The minimum atomic E-state index is -0.687. The number of benzene rings is 3. The first kappa shape index (κ1) is 28.1. The van der Waals surface area contributed by atoms with E-state index in [1.54, 1.807) is 28.8 Å². The number of rotatable bonds is 11. The molecule has 0 heterocycles. The maximum absolute atomic E-state index is 13.7. The first-order valence-corrected chi connectivity index (χ1v) is 13.9. The molecular formula is C29H32Cl2N2O2S. The Balaban J connectivity index is 1.88. The number of carbonyl (C=O) groups excluding carboxylic acids is 2. The van der Waals surface area contributed by atoms with Crippen molar-refractivity contribution in [3.63, 3.8) is 0 Å². The highest BCUT2D eigenvalue weighted by atomic mass is 35.5. The molecular weight excluding hydrogens is 511 g/mol. The van der Waals surface area contributed by atoms with E-state index in [9.17, 15) is 9.59 Å². The summed E-state index contributed by atoms with van der Waals surface area (Å²) in [5.41, 5.74) is 4.12. The predicted octanol–water partition coefficient (Wildman–Crippen LogP) is 6.70. The van der Waals surface area contributed by atoms with Crippen LogP contribution in [0, 0.1) is 6.92 Å². The quantitative estimate of drug-likeness (QED) is 0.293. The number of halogens is 2. The van der Waals surface area contributed by atoms with Gasteiger partial charge in [-0.3, -0.25) is 9.59 Å².